The second-order valence-electron chi connectivity index (χ2n) is 4.16. The van der Waals surface area contributed by atoms with E-state index in [1.165, 1.54) is 6.42 Å². The molecule has 0 bridgehead atoms. The van der Waals surface area contributed by atoms with E-state index in [-0.39, 0.29) is 5.56 Å². The Kier molecular flexibility index (Phi) is 3.56. The summed E-state index contributed by atoms with van der Waals surface area (Å²) in [6, 6.07) is 0.370. The number of hydrogen-bond acceptors (Lipinski definition) is 4. The zero-order valence-electron chi connectivity index (χ0n) is 9.35. The van der Waals surface area contributed by atoms with Crippen molar-refractivity contribution in [1.82, 2.24) is 9.97 Å². The van der Waals surface area contributed by atoms with Gasteiger partial charge in [0.25, 0.3) is 5.56 Å². The smallest absolute Gasteiger partial charge is 0.290 e. The lowest BCUT2D eigenvalue weighted by Gasteiger charge is -2.35. The first-order valence-corrected chi connectivity index (χ1v) is 5.83. The van der Waals surface area contributed by atoms with Gasteiger partial charge in [-0.05, 0) is 32.2 Å². The minimum absolute atomic E-state index is 0.105. The number of hydrogen-bond donors (Lipinski definition) is 2. The van der Waals surface area contributed by atoms with Gasteiger partial charge in [0.2, 0.25) is 0 Å². The SMILES string of the molecule is NCCC1CCCCN1c1ncc[nH]c1=O. The molecule has 2 heterocycles. The Morgan fingerprint density at radius 2 is 2.44 bits per heavy atom. The van der Waals surface area contributed by atoms with Crippen LogP contribution in [0.1, 0.15) is 25.7 Å². The van der Waals surface area contributed by atoms with E-state index in [2.05, 4.69) is 14.9 Å². The third-order valence-electron chi connectivity index (χ3n) is 3.09. The molecule has 2 rings (SSSR count). The van der Waals surface area contributed by atoms with Crippen molar-refractivity contribution in [1.29, 1.82) is 0 Å². The summed E-state index contributed by atoms with van der Waals surface area (Å²) < 4.78 is 0. The number of rotatable bonds is 3. The molecule has 1 unspecified atom stereocenters. The fourth-order valence-electron chi connectivity index (χ4n) is 2.32. The first-order chi connectivity index (χ1) is 7.83. The van der Waals surface area contributed by atoms with Crippen molar-refractivity contribution in [3.8, 4) is 0 Å². The number of anilines is 1. The summed E-state index contributed by atoms with van der Waals surface area (Å²) in [5.41, 5.74) is 5.50. The van der Waals surface area contributed by atoms with Gasteiger partial charge in [0.05, 0.1) is 0 Å². The molecule has 3 N–H and O–H groups in total. The molecule has 0 radical (unpaired) electrons. The highest BCUT2D eigenvalue weighted by Crippen LogP contribution is 2.22. The maximum atomic E-state index is 11.7. The van der Waals surface area contributed by atoms with Gasteiger partial charge in [0.1, 0.15) is 0 Å². The van der Waals surface area contributed by atoms with Crippen LogP contribution in [0.15, 0.2) is 17.2 Å². The number of piperidine rings is 1. The van der Waals surface area contributed by atoms with Crippen molar-refractivity contribution >= 4 is 5.82 Å². The molecule has 1 saturated heterocycles. The third-order valence-corrected chi connectivity index (χ3v) is 3.09. The quantitative estimate of drug-likeness (QED) is 0.780. The van der Waals surface area contributed by atoms with Gasteiger partial charge >= 0.3 is 0 Å². The number of H-pyrrole nitrogens is 1. The van der Waals surface area contributed by atoms with Crippen LogP contribution in [0, 0.1) is 0 Å². The molecular formula is C11H18N4O. The maximum Gasteiger partial charge on any atom is 0.290 e. The summed E-state index contributed by atoms with van der Waals surface area (Å²) in [7, 11) is 0. The third kappa shape index (κ3) is 2.24. The summed E-state index contributed by atoms with van der Waals surface area (Å²) in [6.07, 6.45) is 7.56. The first kappa shape index (κ1) is 11.1. The second kappa shape index (κ2) is 5.12. The van der Waals surface area contributed by atoms with Crippen LogP contribution in [-0.2, 0) is 0 Å². The molecule has 88 valence electrons. The first-order valence-electron chi connectivity index (χ1n) is 5.83. The van der Waals surface area contributed by atoms with E-state index < -0.39 is 0 Å². The molecule has 5 heteroatoms. The molecular weight excluding hydrogens is 204 g/mol. The van der Waals surface area contributed by atoms with Crippen molar-refractivity contribution in [2.45, 2.75) is 31.7 Å². The van der Waals surface area contributed by atoms with Gasteiger partial charge in [-0.25, -0.2) is 4.98 Å². The van der Waals surface area contributed by atoms with Crippen molar-refractivity contribution in [2.24, 2.45) is 5.73 Å². The van der Waals surface area contributed by atoms with Crippen molar-refractivity contribution in [3.05, 3.63) is 22.7 Å². The summed E-state index contributed by atoms with van der Waals surface area (Å²) in [4.78, 5) is 20.6. The molecule has 1 aliphatic rings. The summed E-state index contributed by atoms with van der Waals surface area (Å²) in [6.45, 7) is 1.57. The van der Waals surface area contributed by atoms with Gasteiger partial charge in [-0.2, -0.15) is 0 Å². The normalized spacial score (nSPS) is 21.1. The van der Waals surface area contributed by atoms with Crippen LogP contribution in [-0.4, -0.2) is 29.1 Å². The summed E-state index contributed by atoms with van der Waals surface area (Å²) >= 11 is 0. The Morgan fingerprint density at radius 3 is 3.19 bits per heavy atom. The van der Waals surface area contributed by atoms with Crippen LogP contribution in [0.25, 0.3) is 0 Å². The van der Waals surface area contributed by atoms with E-state index in [1.54, 1.807) is 12.4 Å². The molecule has 0 amide bonds. The molecule has 1 fully saturated rings. The number of aromatic nitrogens is 2. The lowest BCUT2D eigenvalue weighted by molar-refractivity contribution is 0.437. The second-order valence-corrected chi connectivity index (χ2v) is 4.16. The Morgan fingerprint density at radius 1 is 1.56 bits per heavy atom. The average Bonchev–Trinajstić information content (AvgIpc) is 2.31. The van der Waals surface area contributed by atoms with E-state index in [0.29, 0.717) is 18.4 Å². The van der Waals surface area contributed by atoms with Gasteiger partial charge in [-0.1, -0.05) is 0 Å². The minimum Gasteiger partial charge on any atom is -0.349 e. The summed E-state index contributed by atoms with van der Waals surface area (Å²) in [5.74, 6) is 0.542. The lowest BCUT2D eigenvalue weighted by Crippen LogP contribution is -2.43. The minimum atomic E-state index is -0.105. The van der Waals surface area contributed by atoms with Gasteiger partial charge in [0, 0.05) is 25.0 Å². The average molecular weight is 222 g/mol. The number of nitrogens with one attached hydrogen (secondary N) is 1. The monoisotopic (exact) mass is 222 g/mol. The predicted octanol–water partition coefficient (Wildman–Crippen LogP) is 0.478. The van der Waals surface area contributed by atoms with E-state index in [9.17, 15) is 4.79 Å². The molecule has 5 nitrogen and oxygen atoms in total. The molecule has 0 aliphatic carbocycles. The van der Waals surface area contributed by atoms with Crippen LogP contribution < -0.4 is 16.2 Å². The van der Waals surface area contributed by atoms with Crippen LogP contribution >= 0.6 is 0 Å². The highest BCUT2D eigenvalue weighted by atomic mass is 16.1. The number of aromatic amines is 1. The lowest BCUT2D eigenvalue weighted by atomic mass is 9.99. The molecule has 1 atom stereocenters. The highest BCUT2D eigenvalue weighted by molar-refractivity contribution is 5.37. The number of nitrogens with two attached hydrogens (primary N) is 1. The van der Waals surface area contributed by atoms with Crippen LogP contribution in [0.3, 0.4) is 0 Å². The standard InChI is InChI=1S/C11H18N4O/c12-5-4-9-3-1-2-8-15(9)10-11(16)14-7-6-13-10/h6-7,9H,1-5,8,12H2,(H,14,16). The predicted molar refractivity (Wildman–Crippen MR) is 63.5 cm³/mol. The Bertz CT molecular complexity index is 388. The molecule has 1 aliphatic heterocycles. The van der Waals surface area contributed by atoms with Crippen molar-refractivity contribution in [2.75, 3.05) is 18.0 Å². The Hall–Kier alpha value is -1.36. The van der Waals surface area contributed by atoms with E-state index >= 15 is 0 Å². The van der Waals surface area contributed by atoms with E-state index in [0.717, 1.165) is 25.8 Å². The van der Waals surface area contributed by atoms with Gasteiger partial charge < -0.3 is 15.6 Å². The molecule has 0 saturated carbocycles. The zero-order valence-corrected chi connectivity index (χ0v) is 9.35. The van der Waals surface area contributed by atoms with E-state index in [1.807, 2.05) is 0 Å². The Labute approximate surface area is 94.7 Å². The molecule has 0 spiro atoms. The largest absolute Gasteiger partial charge is 0.349 e. The summed E-state index contributed by atoms with van der Waals surface area (Å²) in [5, 5.41) is 0. The number of nitrogens with zero attached hydrogens (tertiary/aromatic N) is 2. The molecule has 1 aromatic heterocycles. The van der Waals surface area contributed by atoms with Gasteiger partial charge in [-0.3, -0.25) is 4.79 Å². The molecule has 1 aromatic rings. The zero-order chi connectivity index (χ0) is 11.4. The van der Waals surface area contributed by atoms with Crippen LogP contribution in [0.4, 0.5) is 5.82 Å². The molecule has 16 heavy (non-hydrogen) atoms. The van der Waals surface area contributed by atoms with Crippen molar-refractivity contribution in [3.63, 3.8) is 0 Å². The fourth-order valence-corrected chi connectivity index (χ4v) is 2.32. The van der Waals surface area contributed by atoms with E-state index in [4.69, 9.17) is 5.73 Å². The topological polar surface area (TPSA) is 75.0 Å². The Balaban J connectivity index is 2.23. The van der Waals surface area contributed by atoms with Crippen LogP contribution in [0.5, 0.6) is 0 Å². The van der Waals surface area contributed by atoms with Gasteiger partial charge in [-0.15, -0.1) is 0 Å². The maximum absolute atomic E-state index is 11.7. The van der Waals surface area contributed by atoms with Gasteiger partial charge in [0.15, 0.2) is 5.82 Å². The molecule has 0 aromatic carbocycles. The fraction of sp³-hybridized carbons (Fsp3) is 0.636. The highest BCUT2D eigenvalue weighted by Gasteiger charge is 2.24. The van der Waals surface area contributed by atoms with Crippen molar-refractivity contribution < 1.29 is 0 Å². The van der Waals surface area contributed by atoms with Crippen LogP contribution in [0.2, 0.25) is 0 Å².